The molecule has 0 spiro atoms. The van der Waals surface area contributed by atoms with Crippen LogP contribution in [0.3, 0.4) is 0 Å². The Hall–Kier alpha value is -3.84. The number of aliphatic imine (C=N–C) groups is 1. The molecule has 7 heteroatoms. The van der Waals surface area contributed by atoms with Gasteiger partial charge >= 0.3 is 5.97 Å². The van der Waals surface area contributed by atoms with E-state index in [0.29, 0.717) is 29.0 Å². The molecular weight excluding hydrogens is 472 g/mol. The number of hydrogen-bond acceptors (Lipinski definition) is 6. The molecule has 6 nitrogen and oxygen atoms in total. The number of amidine groups is 1. The Morgan fingerprint density at radius 3 is 2.42 bits per heavy atom. The maximum atomic E-state index is 13.4. The molecule has 0 saturated carbocycles. The lowest BCUT2D eigenvalue weighted by atomic mass is 10.1. The van der Waals surface area contributed by atoms with E-state index in [4.69, 9.17) is 14.5 Å². The lowest BCUT2D eigenvalue weighted by Gasteiger charge is -2.15. The van der Waals surface area contributed by atoms with Gasteiger partial charge in [0.2, 0.25) is 0 Å². The summed E-state index contributed by atoms with van der Waals surface area (Å²) < 4.78 is 10.3. The zero-order chi connectivity index (χ0) is 25.3. The molecule has 4 rings (SSSR count). The number of thioether (sulfide) groups is 1. The summed E-state index contributed by atoms with van der Waals surface area (Å²) >= 11 is 1.37. The lowest BCUT2D eigenvalue weighted by molar-refractivity contribution is -0.145. The van der Waals surface area contributed by atoms with Gasteiger partial charge in [0.15, 0.2) is 11.8 Å². The number of benzene rings is 3. The molecule has 1 saturated heterocycles. The molecule has 0 aliphatic carbocycles. The lowest BCUT2D eigenvalue weighted by Crippen LogP contribution is -2.31. The highest BCUT2D eigenvalue weighted by molar-refractivity contribution is 8.18. The van der Waals surface area contributed by atoms with Gasteiger partial charge in [-0.1, -0.05) is 60.2 Å². The number of ether oxygens (including phenoxy) is 2. The Labute approximate surface area is 215 Å². The summed E-state index contributed by atoms with van der Waals surface area (Å²) in [6.07, 6.45) is 2.59. The first kappa shape index (κ1) is 25.3. The van der Waals surface area contributed by atoms with Crippen LogP contribution in [0.1, 0.15) is 23.6 Å². The Morgan fingerprint density at radius 1 is 1.00 bits per heavy atom. The van der Waals surface area contributed by atoms with Crippen LogP contribution in [0.5, 0.6) is 5.75 Å². The van der Waals surface area contributed by atoms with Gasteiger partial charge in [-0.25, -0.2) is 9.79 Å². The van der Waals surface area contributed by atoms with E-state index < -0.39 is 5.97 Å². The molecule has 0 atom stereocenters. The second kappa shape index (κ2) is 12.2. The highest BCUT2D eigenvalue weighted by Gasteiger charge is 2.33. The Kier molecular flexibility index (Phi) is 8.57. The van der Waals surface area contributed by atoms with Gasteiger partial charge in [-0.05, 0) is 73.5 Å². The largest absolute Gasteiger partial charge is 0.482 e. The molecule has 0 radical (unpaired) electrons. The van der Waals surface area contributed by atoms with Crippen LogP contribution in [0.2, 0.25) is 0 Å². The van der Waals surface area contributed by atoms with Crippen LogP contribution in [0.25, 0.3) is 6.08 Å². The molecule has 36 heavy (non-hydrogen) atoms. The second-order valence-corrected chi connectivity index (χ2v) is 9.20. The van der Waals surface area contributed by atoms with Crippen molar-refractivity contribution < 1.29 is 19.1 Å². The summed E-state index contributed by atoms with van der Waals surface area (Å²) in [5, 5.41) is 0.667. The van der Waals surface area contributed by atoms with Crippen molar-refractivity contribution in [3.05, 3.63) is 100 Å². The van der Waals surface area contributed by atoms with E-state index in [1.165, 1.54) is 17.3 Å². The summed E-state index contributed by atoms with van der Waals surface area (Å²) in [5.74, 6) is 0.0822. The minimum atomic E-state index is -0.410. The summed E-state index contributed by atoms with van der Waals surface area (Å²) in [6, 6.07) is 25.3. The highest BCUT2D eigenvalue weighted by atomic mass is 32.2. The number of rotatable bonds is 9. The second-order valence-electron chi connectivity index (χ2n) is 8.20. The molecule has 1 amide bonds. The third-order valence-corrected chi connectivity index (χ3v) is 6.46. The fourth-order valence-electron chi connectivity index (χ4n) is 3.56. The standard InChI is InChI=1S/C29H28N2O4S/c1-3-34-27(32)20-35-25-15-11-23(12-16-25)19-26-28(33)31(18-17-22-7-5-4-6-8-22)29(36-26)30-24-13-9-21(2)10-14-24/h4-16,19H,3,17-18,20H2,1-2H3/b26-19+,30-29?. The third kappa shape index (κ3) is 6.86. The van der Waals surface area contributed by atoms with Gasteiger partial charge in [0.1, 0.15) is 5.75 Å². The van der Waals surface area contributed by atoms with Crippen molar-refractivity contribution in [2.45, 2.75) is 20.3 Å². The Bertz CT molecular complexity index is 1250. The Balaban J connectivity index is 1.52. The van der Waals surface area contributed by atoms with E-state index in [1.54, 1.807) is 24.0 Å². The van der Waals surface area contributed by atoms with Gasteiger partial charge < -0.3 is 9.47 Å². The summed E-state index contributed by atoms with van der Waals surface area (Å²) in [7, 11) is 0. The average molecular weight is 501 g/mol. The van der Waals surface area contributed by atoms with Gasteiger partial charge in [-0.3, -0.25) is 9.69 Å². The first-order chi connectivity index (χ1) is 17.5. The monoisotopic (exact) mass is 500 g/mol. The number of carbonyl (C=O) groups excluding carboxylic acids is 2. The minimum absolute atomic E-state index is 0.0653. The van der Waals surface area contributed by atoms with Crippen molar-refractivity contribution in [2.75, 3.05) is 19.8 Å². The van der Waals surface area contributed by atoms with E-state index in [0.717, 1.165) is 23.2 Å². The minimum Gasteiger partial charge on any atom is -0.482 e. The molecule has 1 fully saturated rings. The van der Waals surface area contributed by atoms with E-state index in [2.05, 4.69) is 12.1 Å². The first-order valence-corrected chi connectivity index (χ1v) is 12.6. The van der Waals surface area contributed by atoms with Crippen LogP contribution in [0, 0.1) is 6.92 Å². The molecule has 1 aliphatic rings. The van der Waals surface area contributed by atoms with Crippen LogP contribution >= 0.6 is 11.8 Å². The topological polar surface area (TPSA) is 68.2 Å². The SMILES string of the molecule is CCOC(=O)COc1ccc(/C=C2/SC(=Nc3ccc(C)cc3)N(CCc3ccccc3)C2=O)cc1. The summed E-state index contributed by atoms with van der Waals surface area (Å²) in [6.45, 7) is 4.50. The van der Waals surface area contributed by atoms with E-state index in [-0.39, 0.29) is 12.5 Å². The van der Waals surface area contributed by atoms with E-state index in [9.17, 15) is 9.59 Å². The van der Waals surface area contributed by atoms with Crippen LogP contribution in [0.4, 0.5) is 5.69 Å². The third-order valence-electron chi connectivity index (χ3n) is 5.45. The molecular formula is C29H28N2O4S. The fraction of sp³-hybridized carbons (Fsp3) is 0.207. The van der Waals surface area contributed by atoms with Crippen molar-refractivity contribution in [2.24, 2.45) is 4.99 Å². The zero-order valence-electron chi connectivity index (χ0n) is 20.3. The maximum Gasteiger partial charge on any atom is 0.344 e. The predicted octanol–water partition coefficient (Wildman–Crippen LogP) is 5.78. The molecule has 1 aliphatic heterocycles. The summed E-state index contributed by atoms with van der Waals surface area (Å²) in [4.78, 5) is 32.0. The maximum absolute atomic E-state index is 13.4. The van der Waals surface area contributed by atoms with Crippen molar-refractivity contribution in [1.29, 1.82) is 0 Å². The number of esters is 1. The molecule has 184 valence electrons. The van der Waals surface area contributed by atoms with Gasteiger partial charge in [0.05, 0.1) is 17.2 Å². The number of amides is 1. The van der Waals surface area contributed by atoms with Crippen molar-refractivity contribution in [1.82, 2.24) is 4.90 Å². The molecule has 3 aromatic rings. The molecule has 0 aromatic heterocycles. The van der Waals surface area contributed by atoms with Crippen molar-refractivity contribution in [3.8, 4) is 5.75 Å². The van der Waals surface area contributed by atoms with Crippen LogP contribution in [-0.4, -0.2) is 41.7 Å². The smallest absolute Gasteiger partial charge is 0.344 e. The number of hydrogen-bond donors (Lipinski definition) is 0. The summed E-state index contributed by atoms with van der Waals surface area (Å²) in [5.41, 5.74) is 3.99. The van der Waals surface area contributed by atoms with E-state index in [1.807, 2.05) is 67.6 Å². The Morgan fingerprint density at radius 2 is 1.72 bits per heavy atom. The van der Waals surface area contributed by atoms with Crippen LogP contribution in [0.15, 0.2) is 88.8 Å². The van der Waals surface area contributed by atoms with E-state index >= 15 is 0 Å². The number of nitrogens with zero attached hydrogens (tertiary/aromatic N) is 2. The first-order valence-electron chi connectivity index (χ1n) is 11.8. The highest BCUT2D eigenvalue weighted by Crippen LogP contribution is 2.34. The number of aryl methyl sites for hydroxylation is 1. The molecule has 3 aromatic carbocycles. The van der Waals surface area contributed by atoms with Gasteiger partial charge in [0.25, 0.3) is 5.91 Å². The molecule has 0 bridgehead atoms. The molecule has 0 unspecified atom stereocenters. The fourth-order valence-corrected chi connectivity index (χ4v) is 4.59. The zero-order valence-corrected chi connectivity index (χ0v) is 21.2. The average Bonchev–Trinajstić information content (AvgIpc) is 3.18. The van der Waals surface area contributed by atoms with Gasteiger partial charge in [0, 0.05) is 6.54 Å². The van der Waals surface area contributed by atoms with Gasteiger partial charge in [-0.15, -0.1) is 0 Å². The molecule has 0 N–H and O–H groups in total. The van der Waals surface area contributed by atoms with Gasteiger partial charge in [-0.2, -0.15) is 0 Å². The van der Waals surface area contributed by atoms with Crippen LogP contribution in [-0.2, 0) is 20.7 Å². The van der Waals surface area contributed by atoms with Crippen LogP contribution < -0.4 is 4.74 Å². The number of carbonyl (C=O) groups is 2. The quantitative estimate of drug-likeness (QED) is 0.275. The molecule has 1 heterocycles. The predicted molar refractivity (Wildman–Crippen MR) is 144 cm³/mol. The normalized spacial score (nSPS) is 15.5. The van der Waals surface area contributed by atoms with Crippen molar-refractivity contribution >= 4 is 40.6 Å². The van der Waals surface area contributed by atoms with Crippen molar-refractivity contribution in [3.63, 3.8) is 0 Å².